The smallest absolute Gasteiger partial charge is 0.358 e. The molecule has 6 rings (SSSR count). The van der Waals surface area contributed by atoms with E-state index in [1.165, 1.54) is 67.0 Å². The van der Waals surface area contributed by atoms with Crippen LogP contribution in [0.4, 0.5) is 0 Å². The van der Waals surface area contributed by atoms with Gasteiger partial charge in [0, 0.05) is 0 Å². The van der Waals surface area contributed by atoms with Crippen molar-refractivity contribution in [2.75, 3.05) is 0 Å². The molecule has 0 saturated heterocycles. The number of rotatable bonds is 6. The Bertz CT molecular complexity index is 1570. The molecule has 40 heavy (non-hydrogen) atoms. The van der Waals surface area contributed by atoms with Crippen molar-refractivity contribution in [2.24, 2.45) is 0 Å². The van der Waals surface area contributed by atoms with E-state index in [1.54, 1.807) is 10.4 Å². The van der Waals surface area contributed by atoms with Gasteiger partial charge in [-0.25, -0.2) is 0 Å². The number of hydrogen-bond donors (Lipinski definition) is 0. The van der Waals surface area contributed by atoms with Crippen LogP contribution >= 0.6 is 0 Å². The third-order valence-electron chi connectivity index (χ3n) is 8.54. The molecule has 0 atom stereocenters. The van der Waals surface area contributed by atoms with Gasteiger partial charge in [0.1, 0.15) is 0 Å². The Morgan fingerprint density at radius 1 is 0.550 bits per heavy atom. The second-order valence-electron chi connectivity index (χ2n) is 10.6. The summed E-state index contributed by atoms with van der Waals surface area (Å²) >= 11 is 0. The Hall–Kier alpha value is -2.81. The van der Waals surface area contributed by atoms with Gasteiger partial charge in [-0.2, -0.15) is 12.1 Å². The van der Waals surface area contributed by atoms with E-state index in [4.69, 9.17) is 0 Å². The number of fused-ring (bicyclic) bond motifs is 2. The zero-order chi connectivity index (χ0) is 25.6. The Labute approximate surface area is 261 Å². The Kier molecular flexibility index (Phi) is 10.1. The van der Waals surface area contributed by atoms with Crippen LogP contribution in [-0.2, 0) is 25.8 Å². The molecular weight excluding hydrogens is 663 g/mol. The van der Waals surface area contributed by atoms with Crippen LogP contribution in [0.25, 0.3) is 43.8 Å². The Balaban J connectivity index is 0.00000147. The maximum Gasteiger partial charge on any atom is 4.00 e. The fourth-order valence-electron chi connectivity index (χ4n) is 6.22. The first-order valence-corrected chi connectivity index (χ1v) is 16.0. The second kappa shape index (κ2) is 12.8. The summed E-state index contributed by atoms with van der Waals surface area (Å²) in [4.78, 5) is 0. The molecular formula is C38H40HfSi. The molecule has 0 spiro atoms. The molecule has 0 heterocycles. The standard InChI is InChI=1S/C36H34Si.2CH3.Hf/c1-5-37(6-2,31-21-29-9-7-11-33(35(29)23-31)27-17-13-25(3)14-18-27)32-22-30-10-8-12-34(36(30)24-32)28-19-15-26(4)16-20-28;;;/h7-24H,5-6H2,1-4H3;2*1H3;/q-2;2*-1;+4. The molecule has 0 radical (unpaired) electrons. The molecule has 0 aliphatic carbocycles. The molecule has 2 heteroatoms. The van der Waals surface area contributed by atoms with E-state index in [0.717, 1.165) is 0 Å². The van der Waals surface area contributed by atoms with E-state index in [9.17, 15) is 0 Å². The molecule has 0 unspecified atom stereocenters. The van der Waals surface area contributed by atoms with E-state index < -0.39 is 8.07 Å². The molecule has 6 aromatic rings. The van der Waals surface area contributed by atoms with Crippen molar-refractivity contribution in [3.05, 3.63) is 135 Å². The van der Waals surface area contributed by atoms with Crippen LogP contribution in [0.3, 0.4) is 0 Å². The van der Waals surface area contributed by atoms with Crippen LogP contribution < -0.4 is 10.4 Å². The summed E-state index contributed by atoms with van der Waals surface area (Å²) in [6.45, 7) is 9.13. The van der Waals surface area contributed by atoms with E-state index in [2.05, 4.69) is 137 Å². The van der Waals surface area contributed by atoms with Crippen LogP contribution in [0, 0.1) is 28.7 Å². The summed E-state index contributed by atoms with van der Waals surface area (Å²) in [5, 5.41) is 8.64. The monoisotopic (exact) mass is 704 g/mol. The maximum absolute atomic E-state index is 2.53. The number of hydrogen-bond acceptors (Lipinski definition) is 0. The van der Waals surface area contributed by atoms with Crippen LogP contribution in [0.1, 0.15) is 25.0 Å². The Morgan fingerprint density at radius 2 is 0.925 bits per heavy atom. The minimum atomic E-state index is -1.93. The minimum absolute atomic E-state index is 0. The molecule has 0 aromatic heterocycles. The number of benzene rings is 4. The molecule has 0 fully saturated rings. The van der Waals surface area contributed by atoms with Gasteiger partial charge < -0.3 is 14.9 Å². The molecule has 0 N–H and O–H groups in total. The minimum Gasteiger partial charge on any atom is -0.358 e. The van der Waals surface area contributed by atoms with E-state index in [-0.39, 0.29) is 40.7 Å². The molecule has 0 amide bonds. The van der Waals surface area contributed by atoms with E-state index >= 15 is 0 Å². The van der Waals surface area contributed by atoms with E-state index in [1.807, 2.05) is 0 Å². The predicted molar refractivity (Wildman–Crippen MR) is 178 cm³/mol. The average Bonchev–Trinajstić information content (AvgIpc) is 3.56. The second-order valence-corrected chi connectivity index (χ2v) is 15.4. The van der Waals surface area contributed by atoms with Crippen LogP contribution in [0.5, 0.6) is 0 Å². The fraction of sp³-hybridized carbons (Fsp3) is 0.158. The van der Waals surface area contributed by atoms with Gasteiger partial charge in [0.05, 0.1) is 8.07 Å². The van der Waals surface area contributed by atoms with Crippen molar-refractivity contribution in [3.8, 4) is 22.3 Å². The summed E-state index contributed by atoms with van der Waals surface area (Å²) in [6.07, 6.45) is 0. The maximum atomic E-state index is 2.53. The molecule has 200 valence electrons. The average molecular weight is 703 g/mol. The van der Waals surface area contributed by atoms with Crippen molar-refractivity contribution in [1.29, 1.82) is 0 Å². The van der Waals surface area contributed by atoms with Crippen molar-refractivity contribution in [1.82, 2.24) is 0 Å². The van der Waals surface area contributed by atoms with Crippen LogP contribution in [-0.4, -0.2) is 8.07 Å². The van der Waals surface area contributed by atoms with Crippen LogP contribution in [0.15, 0.2) is 109 Å². The van der Waals surface area contributed by atoms with Gasteiger partial charge >= 0.3 is 25.8 Å². The molecule has 0 saturated carbocycles. The van der Waals surface area contributed by atoms with Gasteiger partial charge in [-0.05, 0) is 25.0 Å². The van der Waals surface area contributed by atoms with Crippen molar-refractivity contribution < 1.29 is 25.8 Å². The van der Waals surface area contributed by atoms with Crippen molar-refractivity contribution in [3.63, 3.8) is 0 Å². The van der Waals surface area contributed by atoms with Crippen LogP contribution in [0.2, 0.25) is 12.1 Å². The van der Waals surface area contributed by atoms with E-state index in [0.29, 0.717) is 0 Å². The number of aryl methyl sites for hydroxylation is 2. The van der Waals surface area contributed by atoms with Gasteiger partial charge in [-0.15, -0.1) is 68.3 Å². The van der Waals surface area contributed by atoms with Crippen molar-refractivity contribution in [2.45, 2.75) is 39.8 Å². The summed E-state index contributed by atoms with van der Waals surface area (Å²) in [5.41, 5.74) is 7.89. The first-order valence-electron chi connectivity index (χ1n) is 13.6. The topological polar surface area (TPSA) is 0 Å². The molecule has 0 aliphatic heterocycles. The quantitative estimate of drug-likeness (QED) is 0.120. The van der Waals surface area contributed by atoms with Gasteiger partial charge in [0.2, 0.25) is 0 Å². The zero-order valence-corrected chi connectivity index (χ0v) is 29.4. The third kappa shape index (κ3) is 5.41. The summed E-state index contributed by atoms with van der Waals surface area (Å²) in [7, 11) is -1.93. The Morgan fingerprint density at radius 3 is 1.27 bits per heavy atom. The molecule has 0 aliphatic rings. The van der Waals surface area contributed by atoms with Gasteiger partial charge in [0.15, 0.2) is 0 Å². The molecule has 6 aromatic carbocycles. The predicted octanol–water partition coefficient (Wildman–Crippen LogP) is 9.88. The van der Waals surface area contributed by atoms with Gasteiger partial charge in [0.25, 0.3) is 0 Å². The third-order valence-corrected chi connectivity index (χ3v) is 13.7. The summed E-state index contributed by atoms with van der Waals surface area (Å²) in [5.74, 6) is 0. The first kappa shape index (κ1) is 31.7. The largest absolute Gasteiger partial charge is 4.00 e. The summed E-state index contributed by atoms with van der Waals surface area (Å²) in [6, 6.07) is 44.0. The SMILES string of the molecule is CC[Si](CC)(c1cc2c(-c3ccc(C)cc3)cccc2[cH-]1)c1cc2c(-c3ccc(C)cc3)cccc2[cH-]1.[CH3-].[CH3-].[Hf+4]. The molecule has 0 bridgehead atoms. The van der Waals surface area contributed by atoms with Gasteiger partial charge in [-0.3, -0.25) is 0 Å². The molecule has 0 nitrogen and oxygen atoms in total. The first-order chi connectivity index (χ1) is 18.0. The zero-order valence-electron chi connectivity index (χ0n) is 24.8. The fourth-order valence-corrected chi connectivity index (χ4v) is 10.4. The van der Waals surface area contributed by atoms with Crippen molar-refractivity contribution >= 4 is 40.0 Å². The summed E-state index contributed by atoms with van der Waals surface area (Å²) < 4.78 is 0. The normalized spacial score (nSPS) is 11.1. The van der Waals surface area contributed by atoms with Gasteiger partial charge in [-0.1, -0.05) is 109 Å².